The molecule has 2 aromatic rings. The highest BCUT2D eigenvalue weighted by Crippen LogP contribution is 2.44. The molecule has 4 heterocycles. The van der Waals surface area contributed by atoms with Gasteiger partial charge in [0.15, 0.2) is 5.82 Å². The maximum absolute atomic E-state index is 12.7. The molecule has 1 aliphatic carbocycles. The Hall–Kier alpha value is -2.72. The fourth-order valence-corrected chi connectivity index (χ4v) is 6.45. The summed E-state index contributed by atoms with van der Waals surface area (Å²) in [6, 6.07) is 0.0457. The van der Waals surface area contributed by atoms with Gasteiger partial charge in [-0.05, 0) is 59.2 Å². The van der Waals surface area contributed by atoms with Crippen molar-refractivity contribution in [3.63, 3.8) is 0 Å². The lowest BCUT2D eigenvalue weighted by molar-refractivity contribution is -0.126. The number of anilines is 1. The molecule has 1 saturated carbocycles. The Morgan fingerprint density at radius 3 is 2.56 bits per heavy atom. The van der Waals surface area contributed by atoms with E-state index in [0.29, 0.717) is 18.1 Å². The Kier molecular flexibility index (Phi) is 14.1. The van der Waals surface area contributed by atoms with E-state index in [9.17, 15) is 4.79 Å². The zero-order valence-electron chi connectivity index (χ0n) is 30.0. The number of piperazine rings is 1. The molecule has 3 fully saturated rings. The first-order valence-electron chi connectivity index (χ1n) is 17.8. The molecule has 2 unspecified atom stereocenters. The lowest BCUT2D eigenvalue weighted by atomic mass is 9.93. The van der Waals surface area contributed by atoms with Crippen LogP contribution in [0.2, 0.25) is 0 Å². The molecule has 2 N–H and O–H groups in total. The fourth-order valence-electron chi connectivity index (χ4n) is 6.45. The minimum atomic E-state index is -0.0658. The van der Waals surface area contributed by atoms with Crippen LogP contribution in [-0.4, -0.2) is 94.7 Å². The highest BCUT2D eigenvalue weighted by Gasteiger charge is 2.50. The van der Waals surface area contributed by atoms with Gasteiger partial charge in [-0.15, -0.1) is 0 Å². The molecule has 2 aromatic heterocycles. The molecule has 0 radical (unpaired) electrons. The number of fused-ring (bicyclic) bond motifs is 1. The van der Waals surface area contributed by atoms with E-state index in [2.05, 4.69) is 66.9 Å². The number of carbonyl (C=O) groups is 1. The van der Waals surface area contributed by atoms with Crippen molar-refractivity contribution < 1.29 is 4.79 Å². The minimum Gasteiger partial charge on any atom is -0.379 e. The average molecular weight is 626 g/mol. The van der Waals surface area contributed by atoms with Crippen LogP contribution in [0.1, 0.15) is 110 Å². The van der Waals surface area contributed by atoms with Crippen LogP contribution in [0.5, 0.6) is 0 Å². The van der Waals surface area contributed by atoms with Crippen LogP contribution in [0.3, 0.4) is 0 Å². The summed E-state index contributed by atoms with van der Waals surface area (Å²) in [5.74, 6) is 2.32. The van der Waals surface area contributed by atoms with Crippen LogP contribution in [0, 0.1) is 11.8 Å². The number of carbonyl (C=O) groups excluding carboxylic acids is 1. The van der Waals surface area contributed by atoms with Gasteiger partial charge in [-0.25, -0.2) is 9.50 Å². The van der Waals surface area contributed by atoms with Gasteiger partial charge in [0.05, 0.1) is 17.9 Å². The molecule has 45 heavy (non-hydrogen) atoms. The summed E-state index contributed by atoms with van der Waals surface area (Å²) in [5, 5.41) is 11.8. The monoisotopic (exact) mass is 626 g/mol. The Labute approximate surface area is 273 Å². The van der Waals surface area contributed by atoms with Crippen LogP contribution in [0.4, 0.5) is 5.82 Å². The standard InChI is InChI=1S/C31H51N9O.2C2H6/c1-7-22(2)10-8-12-25(33-23(3)19-37(4)5)27-20-40-30(34-27)35-28(39-17-16-38(6)31(21-39)13-14-31)26(36-40)18-24-11-9-15-32-29(24)41;2*1-2/h20,22,24-25,33H,3,7-19,21H2,1-2,4-6H3,(H,32,41);2*1-2H3/t22?,24-,25?;;/m1../s1. The maximum atomic E-state index is 12.7. The van der Waals surface area contributed by atoms with Crippen molar-refractivity contribution in [2.24, 2.45) is 11.8 Å². The molecule has 10 heteroatoms. The van der Waals surface area contributed by atoms with Gasteiger partial charge < -0.3 is 20.4 Å². The van der Waals surface area contributed by atoms with Crippen molar-refractivity contribution in [2.75, 3.05) is 58.8 Å². The largest absolute Gasteiger partial charge is 0.379 e. The molecule has 2 aliphatic heterocycles. The molecule has 254 valence electrons. The molecule has 0 bridgehead atoms. The van der Waals surface area contributed by atoms with Crippen molar-refractivity contribution in [1.29, 1.82) is 0 Å². The molecular weight excluding hydrogens is 562 g/mol. The molecule has 3 aliphatic rings. The van der Waals surface area contributed by atoms with Crippen molar-refractivity contribution in [2.45, 2.75) is 111 Å². The van der Waals surface area contributed by atoms with Crippen molar-refractivity contribution in [3.8, 4) is 0 Å². The van der Waals surface area contributed by atoms with Crippen LogP contribution in [-0.2, 0) is 11.2 Å². The topological polar surface area (TPSA) is 93.9 Å². The van der Waals surface area contributed by atoms with Crippen LogP contribution in [0.15, 0.2) is 18.5 Å². The van der Waals surface area contributed by atoms with Crippen LogP contribution < -0.4 is 15.5 Å². The van der Waals surface area contributed by atoms with E-state index in [1.54, 1.807) is 0 Å². The summed E-state index contributed by atoms with van der Waals surface area (Å²) in [4.78, 5) is 30.0. The van der Waals surface area contributed by atoms with Gasteiger partial charge in [0.25, 0.3) is 5.78 Å². The van der Waals surface area contributed by atoms with Gasteiger partial charge in [0, 0.05) is 56.3 Å². The van der Waals surface area contributed by atoms with E-state index in [1.165, 1.54) is 25.7 Å². The molecule has 5 rings (SSSR count). The maximum Gasteiger partial charge on any atom is 0.252 e. The highest BCUT2D eigenvalue weighted by molar-refractivity contribution is 5.79. The first-order valence-corrected chi connectivity index (χ1v) is 17.8. The van der Waals surface area contributed by atoms with Gasteiger partial charge in [-0.2, -0.15) is 10.1 Å². The minimum absolute atomic E-state index is 0.0457. The summed E-state index contributed by atoms with van der Waals surface area (Å²) >= 11 is 0. The van der Waals surface area contributed by atoms with E-state index < -0.39 is 0 Å². The Morgan fingerprint density at radius 1 is 1.18 bits per heavy atom. The molecular formula is C35H63N9O. The zero-order chi connectivity index (χ0) is 33.1. The van der Waals surface area contributed by atoms with E-state index >= 15 is 0 Å². The summed E-state index contributed by atoms with van der Waals surface area (Å²) in [6.45, 7) is 21.3. The fraction of sp³-hybridized carbons (Fsp3) is 0.771. The summed E-state index contributed by atoms with van der Waals surface area (Å²) in [5.41, 5.74) is 3.09. The lowest BCUT2D eigenvalue weighted by Gasteiger charge is -2.41. The van der Waals surface area contributed by atoms with Crippen molar-refractivity contribution >= 4 is 17.5 Å². The van der Waals surface area contributed by atoms with Crippen LogP contribution >= 0.6 is 0 Å². The molecule has 0 aromatic carbocycles. The van der Waals surface area contributed by atoms with Gasteiger partial charge in [-0.3, -0.25) is 9.69 Å². The molecule has 1 spiro atoms. The average Bonchev–Trinajstić information content (AvgIpc) is 3.69. The third-order valence-electron chi connectivity index (χ3n) is 9.48. The second-order valence-corrected chi connectivity index (χ2v) is 13.2. The number of likely N-dealkylation sites (N-methyl/N-ethyl adjacent to an activating group) is 2. The highest BCUT2D eigenvalue weighted by atomic mass is 16.1. The third kappa shape index (κ3) is 9.64. The number of imidazole rings is 1. The Balaban J connectivity index is 0.00000133. The second-order valence-electron chi connectivity index (χ2n) is 13.2. The van der Waals surface area contributed by atoms with Crippen LogP contribution in [0.25, 0.3) is 5.78 Å². The predicted molar refractivity (Wildman–Crippen MR) is 187 cm³/mol. The Morgan fingerprint density at radius 2 is 1.91 bits per heavy atom. The number of nitrogens with zero attached hydrogens (tertiary/aromatic N) is 7. The number of amides is 1. The predicted octanol–water partition coefficient (Wildman–Crippen LogP) is 5.45. The summed E-state index contributed by atoms with van der Waals surface area (Å²) < 4.78 is 1.84. The van der Waals surface area contributed by atoms with E-state index in [0.717, 1.165) is 81.3 Å². The van der Waals surface area contributed by atoms with Crippen molar-refractivity contribution in [3.05, 3.63) is 29.9 Å². The Bertz CT molecular complexity index is 1220. The summed E-state index contributed by atoms with van der Waals surface area (Å²) in [7, 11) is 6.36. The molecule has 10 nitrogen and oxygen atoms in total. The van der Waals surface area contributed by atoms with Gasteiger partial charge >= 0.3 is 0 Å². The van der Waals surface area contributed by atoms with E-state index in [1.807, 2.05) is 38.4 Å². The first-order chi connectivity index (χ1) is 21.7. The molecule has 1 amide bonds. The number of aromatic nitrogens is 4. The summed E-state index contributed by atoms with van der Waals surface area (Å²) in [6.07, 6.45) is 11.5. The quantitative estimate of drug-likeness (QED) is 0.304. The van der Waals surface area contributed by atoms with E-state index in [-0.39, 0.29) is 23.4 Å². The molecule has 3 atom stereocenters. The van der Waals surface area contributed by atoms with Gasteiger partial charge in [-0.1, -0.05) is 67.4 Å². The number of hydrogen-bond acceptors (Lipinski definition) is 8. The lowest BCUT2D eigenvalue weighted by Crippen LogP contribution is -2.54. The number of piperidine rings is 1. The second kappa shape index (κ2) is 17.3. The third-order valence-corrected chi connectivity index (χ3v) is 9.48. The van der Waals surface area contributed by atoms with Gasteiger partial charge in [0.2, 0.25) is 5.91 Å². The molecule has 2 saturated heterocycles. The van der Waals surface area contributed by atoms with Gasteiger partial charge in [0.1, 0.15) is 5.69 Å². The SMILES string of the molecule is C=C(CN(C)C)NC(CCCC(C)CC)c1cn2nc(C[C@H]3CCCNC3=O)c(N3CCN(C)C4(CC4)C3)nc2n1.CC.CC. The van der Waals surface area contributed by atoms with E-state index in [4.69, 9.17) is 15.1 Å². The first kappa shape index (κ1) is 36.7. The van der Waals surface area contributed by atoms with Crippen molar-refractivity contribution in [1.82, 2.24) is 40.0 Å². The number of rotatable bonds is 13. The number of nitrogens with one attached hydrogen (secondary N) is 2. The normalized spacial score (nSPS) is 20.5. The number of hydrogen-bond donors (Lipinski definition) is 2. The smallest absolute Gasteiger partial charge is 0.252 e. The zero-order valence-corrected chi connectivity index (χ0v) is 30.0.